The molecule has 0 saturated carbocycles. The third-order valence-electron chi connectivity index (χ3n) is 11.0. The second kappa shape index (κ2) is 33.1. The summed E-state index contributed by atoms with van der Waals surface area (Å²) in [6, 6.07) is 28.3. The summed E-state index contributed by atoms with van der Waals surface area (Å²) in [6.07, 6.45) is 2.44. The van der Waals surface area contributed by atoms with Crippen molar-refractivity contribution in [2.45, 2.75) is 90.5 Å². The minimum atomic E-state index is -0.658. The first kappa shape index (κ1) is 59.7. The molecule has 2 saturated heterocycles. The zero-order valence-electron chi connectivity index (χ0n) is 42.1. The minimum Gasteiger partial charge on any atom is -0.468 e. The molecule has 21 nitrogen and oxygen atoms in total. The van der Waals surface area contributed by atoms with Gasteiger partial charge in [0, 0.05) is 58.0 Å². The largest absolute Gasteiger partial charge is 0.468 e. The van der Waals surface area contributed by atoms with Crippen LogP contribution in [0, 0.1) is 0 Å². The standard InChI is InChI=1S/2C16H20N2O4.C15H21NO6.C4H11NO/c1-12-7-8-21-15-10-17(9-14(19)18(12)15)16(20)22-11-13-5-3-2-4-6-13;1-13(7-10-19)18-9-8-17(11-15(18)20)16(21)22-12-14-5-3-2-4-6-14;1-19-13(17)9-16(10-14(20-2)21-3)15(18)22-11-12-7-5-4-6-8-12;1-4(5)2-3-6/h2-6,12,15H,7-11H2,1H3;2-6,8-9,13,19H,7,10-12H2,1H3;4-8,14H,9-11H2,1-3H3;4,6H,2-3,5H2,1H3/t12-,15+;13-;;4-/m11.1/s1. The lowest BCUT2D eigenvalue weighted by Crippen LogP contribution is -2.63. The van der Waals surface area contributed by atoms with Gasteiger partial charge in [-0.3, -0.25) is 29.1 Å². The Bertz CT molecular complexity index is 2100. The number of esters is 1. The number of ether oxygens (including phenoxy) is 7. The molecule has 5 amide bonds. The zero-order chi connectivity index (χ0) is 52.8. The molecule has 3 aliphatic rings. The predicted molar refractivity (Wildman–Crippen MR) is 263 cm³/mol. The number of rotatable bonds is 17. The maximum Gasteiger partial charge on any atom is 0.414 e. The maximum atomic E-state index is 12.2. The Morgan fingerprint density at radius 3 is 1.74 bits per heavy atom. The van der Waals surface area contributed by atoms with E-state index in [0.717, 1.165) is 23.1 Å². The number of methoxy groups -OCH3 is 3. The number of piperazine rings is 1. The number of nitrogens with zero attached hydrogens (tertiary/aromatic N) is 5. The van der Waals surface area contributed by atoms with Gasteiger partial charge >= 0.3 is 24.2 Å². The van der Waals surface area contributed by atoms with Crippen LogP contribution in [0.1, 0.15) is 56.7 Å². The van der Waals surface area contributed by atoms with E-state index in [4.69, 9.17) is 44.4 Å². The van der Waals surface area contributed by atoms with Crippen molar-refractivity contribution >= 4 is 36.1 Å². The van der Waals surface area contributed by atoms with Gasteiger partial charge < -0.3 is 58.9 Å². The number of nitrogens with two attached hydrogens (primary N) is 1. The predicted octanol–water partition coefficient (Wildman–Crippen LogP) is 4.44. The molecule has 72 heavy (non-hydrogen) atoms. The fraction of sp³-hybridized carbons (Fsp3) is 0.490. The molecule has 0 aromatic heterocycles. The van der Waals surface area contributed by atoms with Gasteiger partial charge in [-0.15, -0.1) is 0 Å². The number of benzene rings is 3. The molecular formula is C51H72N6O15. The van der Waals surface area contributed by atoms with Crippen molar-refractivity contribution in [3.05, 3.63) is 120 Å². The van der Waals surface area contributed by atoms with Crippen LogP contribution in [-0.4, -0.2) is 175 Å². The van der Waals surface area contributed by atoms with Crippen molar-refractivity contribution in [3.63, 3.8) is 0 Å². The average Bonchev–Trinajstić information content (AvgIpc) is 3.39. The topological polar surface area (TPSA) is 250 Å². The SMILES string of the molecule is COC(=O)CN(CC(OC)OC)C(=O)OCc1ccccc1.C[C@@H](N)CCO.C[C@@H]1CCO[C@H]2CN(C(=O)OCc3ccccc3)CC(=O)N12.C[C@H](CCO)N1C=CN(C(=O)OCc2ccccc2)CC1=O. The van der Waals surface area contributed by atoms with Gasteiger partial charge in [0.25, 0.3) is 0 Å². The van der Waals surface area contributed by atoms with Crippen LogP contribution in [0.25, 0.3) is 0 Å². The molecule has 396 valence electrons. The van der Waals surface area contributed by atoms with Crippen LogP contribution >= 0.6 is 0 Å². The zero-order valence-corrected chi connectivity index (χ0v) is 42.1. The van der Waals surface area contributed by atoms with E-state index in [9.17, 15) is 28.8 Å². The molecule has 6 rings (SSSR count). The number of amides is 5. The third kappa shape index (κ3) is 21.4. The van der Waals surface area contributed by atoms with Crippen LogP contribution in [-0.2, 0) is 67.4 Å². The lowest BCUT2D eigenvalue weighted by atomic mass is 10.1. The smallest absolute Gasteiger partial charge is 0.414 e. The summed E-state index contributed by atoms with van der Waals surface area (Å²) < 4.78 is 35.9. The molecule has 0 radical (unpaired) electrons. The van der Waals surface area contributed by atoms with Crippen LogP contribution in [0.2, 0.25) is 0 Å². The van der Waals surface area contributed by atoms with Gasteiger partial charge in [0.1, 0.15) is 45.7 Å². The fourth-order valence-electron chi connectivity index (χ4n) is 6.90. The highest BCUT2D eigenvalue weighted by Gasteiger charge is 2.40. The Labute approximate surface area is 421 Å². The Hall–Kier alpha value is -6.62. The van der Waals surface area contributed by atoms with Crippen molar-refractivity contribution in [1.29, 1.82) is 0 Å². The van der Waals surface area contributed by atoms with E-state index in [0.29, 0.717) is 26.0 Å². The average molecular weight is 1010 g/mol. The minimum absolute atomic E-state index is 0.0155. The summed E-state index contributed by atoms with van der Waals surface area (Å²) in [5, 5.41) is 17.1. The molecule has 4 atom stereocenters. The number of carbonyl (C=O) groups excluding carboxylic acids is 6. The van der Waals surface area contributed by atoms with Crippen LogP contribution < -0.4 is 5.73 Å². The Kier molecular flexibility index (Phi) is 27.4. The van der Waals surface area contributed by atoms with Gasteiger partial charge in [0.05, 0.1) is 26.8 Å². The molecule has 0 aliphatic carbocycles. The summed E-state index contributed by atoms with van der Waals surface area (Å²) in [6.45, 7) is 7.22. The van der Waals surface area contributed by atoms with Crippen molar-refractivity contribution in [2.24, 2.45) is 5.73 Å². The third-order valence-corrected chi connectivity index (χ3v) is 11.0. The summed E-state index contributed by atoms with van der Waals surface area (Å²) in [4.78, 5) is 79.0. The molecule has 4 N–H and O–H groups in total. The molecule has 0 bridgehead atoms. The van der Waals surface area contributed by atoms with Gasteiger partial charge in [-0.2, -0.15) is 0 Å². The van der Waals surface area contributed by atoms with Gasteiger partial charge in [0.2, 0.25) is 11.8 Å². The quantitative estimate of drug-likeness (QED) is 0.0960. The molecule has 0 unspecified atom stereocenters. The molecule has 3 aromatic carbocycles. The normalized spacial score (nSPS) is 16.8. The van der Waals surface area contributed by atoms with E-state index in [-0.39, 0.29) is 95.4 Å². The number of aliphatic hydroxyl groups is 2. The summed E-state index contributed by atoms with van der Waals surface area (Å²) >= 11 is 0. The lowest BCUT2D eigenvalue weighted by molar-refractivity contribution is -0.176. The van der Waals surface area contributed by atoms with Crippen LogP contribution in [0.5, 0.6) is 0 Å². The Morgan fingerprint density at radius 1 is 0.736 bits per heavy atom. The summed E-state index contributed by atoms with van der Waals surface area (Å²) in [7, 11) is 4.14. The molecule has 3 aliphatic heterocycles. The number of carbonyl (C=O) groups is 6. The second-order valence-corrected chi connectivity index (χ2v) is 16.7. The van der Waals surface area contributed by atoms with Crippen LogP contribution in [0.4, 0.5) is 14.4 Å². The Balaban J connectivity index is 0.000000269. The fourth-order valence-corrected chi connectivity index (χ4v) is 6.90. The van der Waals surface area contributed by atoms with Gasteiger partial charge in [-0.05, 0) is 56.7 Å². The Morgan fingerprint density at radius 2 is 1.26 bits per heavy atom. The van der Waals surface area contributed by atoms with Crippen LogP contribution in [0.3, 0.4) is 0 Å². The van der Waals surface area contributed by atoms with E-state index in [1.165, 1.54) is 47.1 Å². The first-order chi connectivity index (χ1) is 34.6. The summed E-state index contributed by atoms with van der Waals surface area (Å²) in [5.41, 5.74) is 7.90. The first-order valence-corrected chi connectivity index (χ1v) is 23.5. The lowest BCUT2D eigenvalue weighted by Gasteiger charge is -2.46. The molecular weight excluding hydrogens is 937 g/mol. The van der Waals surface area contributed by atoms with Gasteiger partial charge in [-0.25, -0.2) is 14.4 Å². The van der Waals surface area contributed by atoms with E-state index < -0.39 is 30.5 Å². The molecule has 3 heterocycles. The number of hydrogen-bond donors (Lipinski definition) is 3. The number of fused-ring (bicyclic) bond motifs is 1. The van der Waals surface area contributed by atoms with Crippen LogP contribution in [0.15, 0.2) is 103 Å². The molecule has 0 spiro atoms. The van der Waals surface area contributed by atoms with Crippen molar-refractivity contribution < 1.29 is 72.1 Å². The van der Waals surface area contributed by atoms with E-state index in [1.807, 2.05) is 112 Å². The molecule has 21 heteroatoms. The van der Waals surface area contributed by atoms with Gasteiger partial charge in [0.15, 0.2) is 6.29 Å². The highest BCUT2D eigenvalue weighted by atomic mass is 16.7. The highest BCUT2D eigenvalue weighted by Crippen LogP contribution is 2.23. The molecule has 2 fully saturated rings. The monoisotopic (exact) mass is 1010 g/mol. The van der Waals surface area contributed by atoms with E-state index in [1.54, 1.807) is 11.1 Å². The van der Waals surface area contributed by atoms with Crippen molar-refractivity contribution in [2.75, 3.05) is 73.9 Å². The molecule has 3 aromatic rings. The van der Waals surface area contributed by atoms with E-state index >= 15 is 0 Å². The van der Waals surface area contributed by atoms with Crippen molar-refractivity contribution in [1.82, 2.24) is 24.5 Å². The first-order valence-electron chi connectivity index (χ1n) is 23.5. The second-order valence-electron chi connectivity index (χ2n) is 16.7. The van der Waals surface area contributed by atoms with Gasteiger partial charge in [-0.1, -0.05) is 91.0 Å². The maximum absolute atomic E-state index is 12.2. The highest BCUT2D eigenvalue weighted by molar-refractivity contribution is 5.85. The van der Waals surface area contributed by atoms with E-state index in [2.05, 4.69) is 4.74 Å². The number of aliphatic hydroxyl groups excluding tert-OH is 2. The van der Waals surface area contributed by atoms with Crippen molar-refractivity contribution in [3.8, 4) is 0 Å². The summed E-state index contributed by atoms with van der Waals surface area (Å²) in [5.74, 6) is -0.831. The number of hydrogen-bond acceptors (Lipinski definition) is 16.